The lowest BCUT2D eigenvalue weighted by atomic mass is 9.99. The number of aromatic nitrogens is 3. The maximum atomic E-state index is 6.21. The molecule has 1 aromatic heterocycles. The SMILES string of the molecule is Clc1ccccc1Cn1cnnc1C1CCCNC1. The number of benzene rings is 1. The van der Waals surface area contributed by atoms with Gasteiger partial charge < -0.3 is 9.88 Å². The molecular weight excluding hydrogens is 260 g/mol. The Balaban J connectivity index is 1.82. The van der Waals surface area contributed by atoms with Gasteiger partial charge in [-0.2, -0.15) is 0 Å². The van der Waals surface area contributed by atoms with E-state index in [2.05, 4.69) is 20.1 Å². The van der Waals surface area contributed by atoms with E-state index in [1.807, 2.05) is 24.3 Å². The highest BCUT2D eigenvalue weighted by molar-refractivity contribution is 6.31. The molecule has 1 atom stereocenters. The lowest BCUT2D eigenvalue weighted by Crippen LogP contribution is -2.30. The van der Waals surface area contributed by atoms with Crippen LogP contribution in [-0.2, 0) is 6.54 Å². The highest BCUT2D eigenvalue weighted by Gasteiger charge is 2.20. The van der Waals surface area contributed by atoms with Crippen LogP contribution >= 0.6 is 11.6 Å². The molecule has 1 aromatic carbocycles. The van der Waals surface area contributed by atoms with Gasteiger partial charge in [0.25, 0.3) is 0 Å². The molecule has 3 rings (SSSR count). The Morgan fingerprint density at radius 2 is 2.26 bits per heavy atom. The fourth-order valence-corrected chi connectivity index (χ4v) is 2.78. The predicted molar refractivity (Wildman–Crippen MR) is 75.4 cm³/mol. The molecule has 0 bridgehead atoms. The average Bonchev–Trinajstić information content (AvgIpc) is 2.91. The van der Waals surface area contributed by atoms with Gasteiger partial charge in [-0.15, -0.1) is 10.2 Å². The first-order valence-electron chi connectivity index (χ1n) is 6.66. The highest BCUT2D eigenvalue weighted by Crippen LogP contribution is 2.23. The summed E-state index contributed by atoms with van der Waals surface area (Å²) in [6.07, 6.45) is 4.17. The molecule has 1 aliphatic rings. The fraction of sp³-hybridized carbons (Fsp3) is 0.429. The van der Waals surface area contributed by atoms with Crippen LogP contribution in [0, 0.1) is 0 Å². The van der Waals surface area contributed by atoms with Crippen LogP contribution in [0.3, 0.4) is 0 Å². The third-order valence-electron chi connectivity index (χ3n) is 3.61. The van der Waals surface area contributed by atoms with Crippen LogP contribution in [0.4, 0.5) is 0 Å². The first-order chi connectivity index (χ1) is 9.34. The summed E-state index contributed by atoms with van der Waals surface area (Å²) in [4.78, 5) is 0. The Bertz CT molecular complexity index is 546. The van der Waals surface area contributed by atoms with Gasteiger partial charge in [-0.05, 0) is 31.0 Å². The van der Waals surface area contributed by atoms with Crippen LogP contribution in [0.25, 0.3) is 0 Å². The molecule has 0 amide bonds. The summed E-state index contributed by atoms with van der Waals surface area (Å²) in [6, 6.07) is 7.92. The second-order valence-corrected chi connectivity index (χ2v) is 5.36. The van der Waals surface area contributed by atoms with E-state index in [9.17, 15) is 0 Å². The van der Waals surface area contributed by atoms with Crippen molar-refractivity contribution in [1.29, 1.82) is 0 Å². The van der Waals surface area contributed by atoms with E-state index >= 15 is 0 Å². The van der Waals surface area contributed by atoms with E-state index in [4.69, 9.17) is 11.6 Å². The Morgan fingerprint density at radius 1 is 1.37 bits per heavy atom. The van der Waals surface area contributed by atoms with Crippen molar-refractivity contribution < 1.29 is 0 Å². The summed E-state index contributed by atoms with van der Waals surface area (Å²) in [6.45, 7) is 2.83. The van der Waals surface area contributed by atoms with Gasteiger partial charge in [-0.25, -0.2) is 0 Å². The lowest BCUT2D eigenvalue weighted by Gasteiger charge is -2.22. The summed E-state index contributed by atoms with van der Waals surface area (Å²) >= 11 is 6.21. The summed E-state index contributed by atoms with van der Waals surface area (Å²) in [5.74, 6) is 1.52. The minimum absolute atomic E-state index is 0.457. The normalized spacial score (nSPS) is 19.5. The second-order valence-electron chi connectivity index (χ2n) is 4.95. The number of nitrogens with zero attached hydrogens (tertiary/aromatic N) is 3. The summed E-state index contributed by atoms with van der Waals surface area (Å²) in [5.41, 5.74) is 1.11. The van der Waals surface area contributed by atoms with Crippen LogP contribution in [-0.4, -0.2) is 27.9 Å². The van der Waals surface area contributed by atoms with E-state index in [-0.39, 0.29) is 0 Å². The molecule has 1 saturated heterocycles. The van der Waals surface area contributed by atoms with Gasteiger partial charge in [0.1, 0.15) is 12.2 Å². The topological polar surface area (TPSA) is 42.7 Å². The Kier molecular flexibility index (Phi) is 3.80. The first-order valence-corrected chi connectivity index (χ1v) is 7.04. The zero-order valence-electron chi connectivity index (χ0n) is 10.7. The molecule has 0 radical (unpaired) electrons. The molecule has 4 nitrogen and oxygen atoms in total. The zero-order chi connectivity index (χ0) is 13.1. The minimum atomic E-state index is 0.457. The molecule has 1 fully saturated rings. The van der Waals surface area contributed by atoms with Crippen molar-refractivity contribution in [3.05, 3.63) is 47.0 Å². The Morgan fingerprint density at radius 3 is 3.05 bits per heavy atom. The first kappa shape index (κ1) is 12.6. The van der Waals surface area contributed by atoms with Crippen molar-refractivity contribution in [2.24, 2.45) is 0 Å². The molecule has 0 saturated carbocycles. The fourth-order valence-electron chi connectivity index (χ4n) is 2.58. The standard InChI is InChI=1S/C14H17ClN4/c15-13-6-2-1-4-12(13)9-19-10-17-18-14(19)11-5-3-7-16-8-11/h1-2,4,6,10-11,16H,3,5,7-9H2. The van der Waals surface area contributed by atoms with Gasteiger partial charge in [0, 0.05) is 17.5 Å². The molecule has 19 heavy (non-hydrogen) atoms. The van der Waals surface area contributed by atoms with Crippen LogP contribution in [0.5, 0.6) is 0 Å². The van der Waals surface area contributed by atoms with Gasteiger partial charge in [0.05, 0.1) is 6.54 Å². The van der Waals surface area contributed by atoms with Crippen molar-refractivity contribution in [2.45, 2.75) is 25.3 Å². The largest absolute Gasteiger partial charge is 0.316 e. The van der Waals surface area contributed by atoms with E-state index in [0.717, 1.165) is 36.0 Å². The molecule has 1 aliphatic heterocycles. The monoisotopic (exact) mass is 276 g/mol. The highest BCUT2D eigenvalue weighted by atomic mass is 35.5. The van der Waals surface area contributed by atoms with Gasteiger partial charge in [0.15, 0.2) is 0 Å². The summed E-state index contributed by atoms with van der Waals surface area (Å²) < 4.78 is 2.11. The molecule has 5 heteroatoms. The van der Waals surface area contributed by atoms with Crippen LogP contribution < -0.4 is 5.32 Å². The molecule has 0 spiro atoms. The quantitative estimate of drug-likeness (QED) is 0.936. The van der Waals surface area contributed by atoms with E-state index in [1.165, 1.54) is 12.8 Å². The third kappa shape index (κ3) is 2.80. The number of nitrogens with one attached hydrogen (secondary N) is 1. The van der Waals surface area contributed by atoms with E-state index in [1.54, 1.807) is 6.33 Å². The molecule has 2 aromatic rings. The van der Waals surface area contributed by atoms with Gasteiger partial charge >= 0.3 is 0 Å². The van der Waals surface area contributed by atoms with Crippen LogP contribution in [0.2, 0.25) is 5.02 Å². The summed E-state index contributed by atoms with van der Waals surface area (Å²) in [5, 5.41) is 12.6. The van der Waals surface area contributed by atoms with E-state index < -0.39 is 0 Å². The van der Waals surface area contributed by atoms with E-state index in [0.29, 0.717) is 5.92 Å². The number of hydrogen-bond donors (Lipinski definition) is 1. The van der Waals surface area contributed by atoms with Crippen molar-refractivity contribution in [3.63, 3.8) is 0 Å². The molecule has 100 valence electrons. The van der Waals surface area contributed by atoms with Gasteiger partial charge in [-0.1, -0.05) is 29.8 Å². The molecule has 0 aliphatic carbocycles. The Hall–Kier alpha value is -1.39. The van der Waals surface area contributed by atoms with Crippen LogP contribution in [0.1, 0.15) is 30.1 Å². The van der Waals surface area contributed by atoms with Crippen molar-refractivity contribution >= 4 is 11.6 Å². The molecule has 1 N–H and O–H groups in total. The second kappa shape index (κ2) is 5.72. The van der Waals surface area contributed by atoms with Gasteiger partial charge in [-0.3, -0.25) is 0 Å². The smallest absolute Gasteiger partial charge is 0.137 e. The molecule has 1 unspecified atom stereocenters. The average molecular weight is 277 g/mol. The lowest BCUT2D eigenvalue weighted by molar-refractivity contribution is 0.435. The summed E-state index contributed by atoms with van der Waals surface area (Å²) in [7, 11) is 0. The number of piperidine rings is 1. The molecular formula is C14H17ClN4. The van der Waals surface area contributed by atoms with Crippen molar-refractivity contribution in [1.82, 2.24) is 20.1 Å². The zero-order valence-corrected chi connectivity index (χ0v) is 11.5. The number of hydrogen-bond acceptors (Lipinski definition) is 3. The van der Waals surface area contributed by atoms with Gasteiger partial charge in [0.2, 0.25) is 0 Å². The number of halogens is 1. The molecule has 2 heterocycles. The van der Waals surface area contributed by atoms with Crippen molar-refractivity contribution in [3.8, 4) is 0 Å². The maximum Gasteiger partial charge on any atom is 0.137 e. The van der Waals surface area contributed by atoms with Crippen molar-refractivity contribution in [2.75, 3.05) is 13.1 Å². The Labute approximate surface area is 117 Å². The van der Waals surface area contributed by atoms with Crippen LogP contribution in [0.15, 0.2) is 30.6 Å². The third-order valence-corrected chi connectivity index (χ3v) is 3.97. The maximum absolute atomic E-state index is 6.21. The number of rotatable bonds is 3. The predicted octanol–water partition coefficient (Wildman–Crippen LogP) is 2.45. The minimum Gasteiger partial charge on any atom is -0.316 e.